The maximum atomic E-state index is 5.51. The van der Waals surface area contributed by atoms with Crippen molar-refractivity contribution in [2.45, 2.75) is 71.4 Å². The Kier molecular flexibility index (Phi) is 11.6. The molecule has 0 amide bonds. The summed E-state index contributed by atoms with van der Waals surface area (Å²) in [5.41, 5.74) is 0. The lowest BCUT2D eigenvalue weighted by Crippen LogP contribution is -2.34. The van der Waals surface area contributed by atoms with Crippen molar-refractivity contribution in [3.05, 3.63) is 12.3 Å². The molecule has 0 aliphatic heterocycles. The second-order valence-corrected chi connectivity index (χ2v) is 9.77. The number of rotatable bonds is 12. The largest absolute Gasteiger partial charge is 0.502 e. The summed E-state index contributed by atoms with van der Waals surface area (Å²) in [5.74, 6) is 0. The summed E-state index contributed by atoms with van der Waals surface area (Å²) in [5, 5.41) is 0. The molecular weight excluding hydrogens is 240 g/mol. The van der Waals surface area contributed by atoms with Gasteiger partial charge < -0.3 is 9.16 Å². The Balaban J connectivity index is 3.23. The van der Waals surface area contributed by atoms with E-state index in [1.165, 1.54) is 44.9 Å². The van der Waals surface area contributed by atoms with Gasteiger partial charge in [-0.05, 0) is 32.0 Å². The molecule has 0 atom stereocenters. The average molecular weight is 273 g/mol. The summed E-state index contributed by atoms with van der Waals surface area (Å²) in [6.07, 6.45) is 15.5. The van der Waals surface area contributed by atoms with Gasteiger partial charge in [0.25, 0.3) is 0 Å². The standard InChI is InChI=1S/C15H32O2Si/c1-5-6-7-8-9-10-11-12-13-14-17-15-18(3,4)16-2/h13-14H,5-12,15H2,1-4H3. The molecule has 3 heteroatoms. The Hall–Kier alpha value is -0.283. The van der Waals surface area contributed by atoms with E-state index in [4.69, 9.17) is 9.16 Å². The van der Waals surface area contributed by atoms with Crippen molar-refractivity contribution in [3.8, 4) is 0 Å². The molecule has 0 aliphatic carbocycles. The van der Waals surface area contributed by atoms with Gasteiger partial charge in [0.2, 0.25) is 8.32 Å². The van der Waals surface area contributed by atoms with Crippen LogP contribution >= 0.6 is 0 Å². The molecule has 0 fully saturated rings. The van der Waals surface area contributed by atoms with E-state index in [0.29, 0.717) is 0 Å². The average Bonchev–Trinajstić information content (AvgIpc) is 2.36. The quantitative estimate of drug-likeness (QED) is 0.281. The van der Waals surface area contributed by atoms with Gasteiger partial charge in [0.05, 0.1) is 6.26 Å². The van der Waals surface area contributed by atoms with Gasteiger partial charge in [-0.15, -0.1) is 0 Å². The maximum absolute atomic E-state index is 5.51. The van der Waals surface area contributed by atoms with Crippen LogP contribution < -0.4 is 0 Å². The summed E-state index contributed by atoms with van der Waals surface area (Å²) in [6.45, 7) is 6.59. The second-order valence-electron chi connectivity index (χ2n) is 5.56. The first-order valence-electron chi connectivity index (χ1n) is 7.44. The summed E-state index contributed by atoms with van der Waals surface area (Å²) in [6, 6.07) is 0. The third kappa shape index (κ3) is 12.2. The highest BCUT2D eigenvalue weighted by Crippen LogP contribution is 2.09. The van der Waals surface area contributed by atoms with Gasteiger partial charge in [-0.3, -0.25) is 0 Å². The van der Waals surface area contributed by atoms with Crippen LogP contribution in [0.3, 0.4) is 0 Å². The van der Waals surface area contributed by atoms with Crippen molar-refractivity contribution >= 4 is 8.32 Å². The zero-order valence-corrected chi connectivity index (χ0v) is 13.8. The van der Waals surface area contributed by atoms with E-state index in [1.54, 1.807) is 7.11 Å². The number of hydrogen-bond acceptors (Lipinski definition) is 2. The van der Waals surface area contributed by atoms with E-state index in [-0.39, 0.29) is 0 Å². The van der Waals surface area contributed by atoms with Crippen LogP contribution in [0.5, 0.6) is 0 Å². The number of unbranched alkanes of at least 4 members (excludes halogenated alkanes) is 7. The highest BCUT2D eigenvalue weighted by molar-refractivity contribution is 6.71. The monoisotopic (exact) mass is 272 g/mol. The highest BCUT2D eigenvalue weighted by atomic mass is 28.4. The summed E-state index contributed by atoms with van der Waals surface area (Å²) in [7, 11) is 0.231. The van der Waals surface area contributed by atoms with Crippen LogP contribution in [0, 0.1) is 0 Å². The summed E-state index contributed by atoms with van der Waals surface area (Å²) < 4.78 is 10.9. The molecule has 0 saturated heterocycles. The third-order valence-corrected chi connectivity index (χ3v) is 5.12. The molecule has 0 heterocycles. The normalized spacial score (nSPS) is 12.2. The molecule has 18 heavy (non-hydrogen) atoms. The fourth-order valence-corrected chi connectivity index (χ4v) is 2.28. The van der Waals surface area contributed by atoms with Crippen LogP contribution in [0.15, 0.2) is 12.3 Å². The van der Waals surface area contributed by atoms with Crippen molar-refractivity contribution < 1.29 is 9.16 Å². The molecule has 0 aromatic heterocycles. The Labute approximate surface area is 115 Å². The first kappa shape index (κ1) is 17.7. The zero-order chi connectivity index (χ0) is 13.7. The van der Waals surface area contributed by atoms with Crippen molar-refractivity contribution in [3.63, 3.8) is 0 Å². The van der Waals surface area contributed by atoms with E-state index < -0.39 is 8.32 Å². The van der Waals surface area contributed by atoms with Gasteiger partial charge in [0.1, 0.15) is 6.23 Å². The molecule has 0 radical (unpaired) electrons. The number of hydrogen-bond donors (Lipinski definition) is 0. The molecule has 0 aromatic rings. The van der Waals surface area contributed by atoms with Gasteiger partial charge >= 0.3 is 0 Å². The molecule has 0 aliphatic rings. The van der Waals surface area contributed by atoms with E-state index in [0.717, 1.165) is 12.7 Å². The fourth-order valence-electron chi connectivity index (χ4n) is 1.66. The van der Waals surface area contributed by atoms with Crippen LogP contribution in [0.2, 0.25) is 13.1 Å². The molecular formula is C15H32O2Si. The minimum atomic E-state index is -1.54. The van der Waals surface area contributed by atoms with E-state index in [9.17, 15) is 0 Å². The molecule has 0 unspecified atom stereocenters. The zero-order valence-electron chi connectivity index (χ0n) is 12.8. The van der Waals surface area contributed by atoms with Crippen molar-refractivity contribution in [1.29, 1.82) is 0 Å². The van der Waals surface area contributed by atoms with Gasteiger partial charge in [0, 0.05) is 7.11 Å². The van der Waals surface area contributed by atoms with E-state index in [1.807, 2.05) is 6.26 Å². The van der Waals surface area contributed by atoms with Crippen LogP contribution in [0.1, 0.15) is 58.3 Å². The second kappa shape index (κ2) is 11.8. The first-order chi connectivity index (χ1) is 8.62. The Morgan fingerprint density at radius 2 is 1.56 bits per heavy atom. The maximum Gasteiger partial charge on any atom is 0.224 e. The number of ether oxygens (including phenoxy) is 1. The van der Waals surface area contributed by atoms with Crippen molar-refractivity contribution in [2.24, 2.45) is 0 Å². The van der Waals surface area contributed by atoms with Gasteiger partial charge in [-0.25, -0.2) is 0 Å². The Bertz CT molecular complexity index is 203. The first-order valence-corrected chi connectivity index (χ1v) is 10.6. The third-order valence-electron chi connectivity index (χ3n) is 3.15. The Morgan fingerprint density at radius 3 is 2.17 bits per heavy atom. The van der Waals surface area contributed by atoms with Crippen molar-refractivity contribution in [1.82, 2.24) is 0 Å². The smallest absolute Gasteiger partial charge is 0.224 e. The Morgan fingerprint density at radius 1 is 0.944 bits per heavy atom. The van der Waals surface area contributed by atoms with E-state index in [2.05, 4.69) is 26.1 Å². The molecule has 0 bridgehead atoms. The summed E-state index contributed by atoms with van der Waals surface area (Å²) >= 11 is 0. The predicted octanol–water partition coefficient (Wildman–Crippen LogP) is 5.05. The van der Waals surface area contributed by atoms with Crippen LogP contribution in [-0.4, -0.2) is 21.7 Å². The topological polar surface area (TPSA) is 18.5 Å². The lowest BCUT2D eigenvalue weighted by atomic mass is 10.1. The predicted molar refractivity (Wildman–Crippen MR) is 82.2 cm³/mol. The minimum absolute atomic E-state index is 0.747. The lowest BCUT2D eigenvalue weighted by molar-refractivity contribution is 0.268. The van der Waals surface area contributed by atoms with Crippen LogP contribution in [0.25, 0.3) is 0 Å². The highest BCUT2D eigenvalue weighted by Gasteiger charge is 2.20. The summed E-state index contributed by atoms with van der Waals surface area (Å²) in [4.78, 5) is 0. The molecule has 0 rings (SSSR count). The molecule has 0 aromatic carbocycles. The van der Waals surface area contributed by atoms with Gasteiger partial charge in [-0.1, -0.05) is 45.4 Å². The minimum Gasteiger partial charge on any atom is -0.502 e. The van der Waals surface area contributed by atoms with Crippen LogP contribution in [-0.2, 0) is 9.16 Å². The van der Waals surface area contributed by atoms with Gasteiger partial charge in [0.15, 0.2) is 0 Å². The fraction of sp³-hybridized carbons (Fsp3) is 0.867. The lowest BCUT2D eigenvalue weighted by Gasteiger charge is -2.18. The molecule has 108 valence electrons. The van der Waals surface area contributed by atoms with Gasteiger partial charge in [-0.2, -0.15) is 0 Å². The van der Waals surface area contributed by atoms with Crippen molar-refractivity contribution in [2.75, 3.05) is 13.3 Å². The SMILES string of the molecule is CCCCCCCCCC=COC[Si](C)(C)OC. The van der Waals surface area contributed by atoms with Crippen LogP contribution in [0.4, 0.5) is 0 Å². The molecule has 0 spiro atoms. The molecule has 0 N–H and O–H groups in total. The molecule has 2 nitrogen and oxygen atoms in total. The molecule has 0 saturated carbocycles. The number of allylic oxidation sites excluding steroid dienone is 1. The van der Waals surface area contributed by atoms with E-state index >= 15 is 0 Å².